The summed E-state index contributed by atoms with van der Waals surface area (Å²) in [5.74, 6) is 0.650. The average molecular weight is 336 g/mol. The molecule has 25 heavy (non-hydrogen) atoms. The summed E-state index contributed by atoms with van der Waals surface area (Å²) >= 11 is 0. The lowest BCUT2D eigenvalue weighted by atomic mass is 9.96. The number of hydrogen-bond donors (Lipinski definition) is 2. The van der Waals surface area contributed by atoms with Gasteiger partial charge < -0.3 is 10.6 Å². The maximum atomic E-state index is 12.4. The van der Waals surface area contributed by atoms with Crippen molar-refractivity contribution in [1.29, 1.82) is 0 Å². The van der Waals surface area contributed by atoms with Crippen molar-refractivity contribution in [2.75, 3.05) is 5.32 Å². The summed E-state index contributed by atoms with van der Waals surface area (Å²) in [4.78, 5) is 23.5. The highest BCUT2D eigenvalue weighted by atomic mass is 16.2. The van der Waals surface area contributed by atoms with Crippen molar-refractivity contribution >= 4 is 17.5 Å². The van der Waals surface area contributed by atoms with Crippen molar-refractivity contribution in [3.05, 3.63) is 65.7 Å². The molecule has 0 unspecified atom stereocenters. The minimum atomic E-state index is -0.0877. The fourth-order valence-electron chi connectivity index (χ4n) is 3.49. The van der Waals surface area contributed by atoms with Gasteiger partial charge in [0.05, 0.1) is 0 Å². The third-order valence-electron chi connectivity index (χ3n) is 4.82. The van der Waals surface area contributed by atoms with Crippen LogP contribution >= 0.6 is 0 Å². The van der Waals surface area contributed by atoms with Gasteiger partial charge in [-0.05, 0) is 48.4 Å². The zero-order valence-electron chi connectivity index (χ0n) is 14.5. The first-order valence-corrected chi connectivity index (χ1v) is 8.81. The average Bonchev–Trinajstić information content (AvgIpc) is 3.11. The van der Waals surface area contributed by atoms with Crippen LogP contribution in [0.2, 0.25) is 0 Å². The van der Waals surface area contributed by atoms with Crippen LogP contribution in [0.25, 0.3) is 0 Å². The standard InChI is InChI=1S/C21H24N2O2/c1-15(24)23-20-11-7-16(8-12-20)14-22-21(25)19-10-9-18(13-19)17-5-3-2-4-6-17/h2-8,11-12,18-19H,9-10,13-14H2,1H3,(H,22,25)(H,23,24)/t18-,19-/m1/s1. The SMILES string of the molecule is CC(=O)Nc1ccc(CNC(=O)[C@@H]2CC[C@@H](c3ccccc3)C2)cc1. The van der Waals surface area contributed by atoms with E-state index in [0.717, 1.165) is 30.5 Å². The lowest BCUT2D eigenvalue weighted by molar-refractivity contribution is -0.125. The number of anilines is 1. The Bertz CT molecular complexity index is 725. The Balaban J connectivity index is 1.49. The Kier molecular flexibility index (Phi) is 5.49. The number of hydrogen-bond acceptors (Lipinski definition) is 2. The summed E-state index contributed by atoms with van der Waals surface area (Å²) in [6.45, 7) is 2.00. The first-order valence-electron chi connectivity index (χ1n) is 8.81. The molecule has 2 amide bonds. The van der Waals surface area contributed by atoms with Crippen LogP contribution < -0.4 is 10.6 Å². The van der Waals surface area contributed by atoms with Crippen molar-refractivity contribution in [1.82, 2.24) is 5.32 Å². The fourth-order valence-corrected chi connectivity index (χ4v) is 3.49. The molecule has 2 aromatic rings. The Labute approximate surface area is 148 Å². The van der Waals surface area contributed by atoms with Gasteiger partial charge in [0.2, 0.25) is 11.8 Å². The molecular weight excluding hydrogens is 312 g/mol. The second-order valence-corrected chi connectivity index (χ2v) is 6.71. The van der Waals surface area contributed by atoms with Gasteiger partial charge in [-0.3, -0.25) is 9.59 Å². The normalized spacial score (nSPS) is 19.4. The molecule has 1 aliphatic carbocycles. The number of nitrogens with one attached hydrogen (secondary N) is 2. The molecule has 1 fully saturated rings. The molecule has 0 spiro atoms. The maximum Gasteiger partial charge on any atom is 0.223 e. The summed E-state index contributed by atoms with van der Waals surface area (Å²) in [7, 11) is 0. The molecule has 0 saturated heterocycles. The molecule has 130 valence electrons. The van der Waals surface area contributed by atoms with E-state index >= 15 is 0 Å². The van der Waals surface area contributed by atoms with E-state index in [-0.39, 0.29) is 17.7 Å². The van der Waals surface area contributed by atoms with E-state index in [1.165, 1.54) is 12.5 Å². The Morgan fingerprint density at radius 2 is 1.72 bits per heavy atom. The predicted octanol–water partition coefficient (Wildman–Crippen LogP) is 3.85. The highest BCUT2D eigenvalue weighted by molar-refractivity contribution is 5.88. The monoisotopic (exact) mass is 336 g/mol. The van der Waals surface area contributed by atoms with Crippen molar-refractivity contribution in [3.63, 3.8) is 0 Å². The summed E-state index contributed by atoms with van der Waals surface area (Å²) in [6.07, 6.45) is 2.96. The first-order chi connectivity index (χ1) is 12.1. The zero-order valence-corrected chi connectivity index (χ0v) is 14.5. The van der Waals surface area contributed by atoms with Crippen LogP contribution in [0.5, 0.6) is 0 Å². The zero-order chi connectivity index (χ0) is 17.6. The quantitative estimate of drug-likeness (QED) is 0.871. The molecule has 3 rings (SSSR count). The van der Waals surface area contributed by atoms with Gasteiger partial charge in [0.1, 0.15) is 0 Å². The molecule has 4 heteroatoms. The highest BCUT2D eigenvalue weighted by Crippen LogP contribution is 2.38. The molecule has 2 atom stereocenters. The van der Waals surface area contributed by atoms with E-state index in [2.05, 4.69) is 34.9 Å². The van der Waals surface area contributed by atoms with Gasteiger partial charge in [0.15, 0.2) is 0 Å². The summed E-state index contributed by atoms with van der Waals surface area (Å²) < 4.78 is 0. The first kappa shape index (κ1) is 17.2. The van der Waals surface area contributed by atoms with E-state index < -0.39 is 0 Å². The molecule has 0 bridgehead atoms. The van der Waals surface area contributed by atoms with Crippen LogP contribution in [-0.2, 0) is 16.1 Å². The van der Waals surface area contributed by atoms with Gasteiger partial charge in [0, 0.05) is 25.1 Å². The van der Waals surface area contributed by atoms with Crippen LogP contribution in [0.3, 0.4) is 0 Å². The van der Waals surface area contributed by atoms with Gasteiger partial charge in [-0.15, -0.1) is 0 Å². The van der Waals surface area contributed by atoms with Crippen LogP contribution in [0.15, 0.2) is 54.6 Å². The molecule has 4 nitrogen and oxygen atoms in total. The van der Waals surface area contributed by atoms with Crippen molar-refractivity contribution in [2.45, 2.75) is 38.6 Å². The number of rotatable bonds is 5. The summed E-state index contributed by atoms with van der Waals surface area (Å²) in [5.41, 5.74) is 3.13. The lowest BCUT2D eigenvalue weighted by Crippen LogP contribution is -2.28. The summed E-state index contributed by atoms with van der Waals surface area (Å²) in [6, 6.07) is 18.0. The molecule has 0 radical (unpaired) electrons. The molecule has 1 saturated carbocycles. The van der Waals surface area contributed by atoms with Crippen LogP contribution in [-0.4, -0.2) is 11.8 Å². The molecule has 1 aliphatic rings. The third-order valence-corrected chi connectivity index (χ3v) is 4.82. The van der Waals surface area contributed by atoms with E-state index in [1.807, 2.05) is 30.3 Å². The minimum absolute atomic E-state index is 0.0877. The van der Waals surface area contributed by atoms with Crippen molar-refractivity contribution in [2.24, 2.45) is 5.92 Å². The molecule has 0 heterocycles. The second-order valence-electron chi connectivity index (χ2n) is 6.71. The smallest absolute Gasteiger partial charge is 0.223 e. The number of carbonyl (C=O) groups is 2. The van der Waals surface area contributed by atoms with E-state index in [1.54, 1.807) is 0 Å². The Hall–Kier alpha value is -2.62. The van der Waals surface area contributed by atoms with E-state index in [0.29, 0.717) is 12.5 Å². The second kappa shape index (κ2) is 7.97. The topological polar surface area (TPSA) is 58.2 Å². The predicted molar refractivity (Wildman–Crippen MR) is 99.1 cm³/mol. The Morgan fingerprint density at radius 3 is 2.40 bits per heavy atom. The molecule has 0 aliphatic heterocycles. The minimum Gasteiger partial charge on any atom is -0.352 e. The van der Waals surface area contributed by atoms with Gasteiger partial charge >= 0.3 is 0 Å². The molecule has 2 aromatic carbocycles. The van der Waals surface area contributed by atoms with Gasteiger partial charge in [0.25, 0.3) is 0 Å². The number of benzene rings is 2. The van der Waals surface area contributed by atoms with Gasteiger partial charge in [-0.1, -0.05) is 42.5 Å². The molecule has 0 aromatic heterocycles. The van der Waals surface area contributed by atoms with Crippen LogP contribution in [0.1, 0.15) is 43.2 Å². The number of amides is 2. The molecule has 2 N–H and O–H groups in total. The van der Waals surface area contributed by atoms with Crippen molar-refractivity contribution in [3.8, 4) is 0 Å². The summed E-state index contributed by atoms with van der Waals surface area (Å²) in [5, 5.41) is 5.78. The third kappa shape index (κ3) is 4.69. The Morgan fingerprint density at radius 1 is 1.00 bits per heavy atom. The maximum absolute atomic E-state index is 12.4. The van der Waals surface area contributed by atoms with E-state index in [9.17, 15) is 9.59 Å². The van der Waals surface area contributed by atoms with Gasteiger partial charge in [-0.2, -0.15) is 0 Å². The fraction of sp³-hybridized carbons (Fsp3) is 0.333. The van der Waals surface area contributed by atoms with Crippen LogP contribution in [0, 0.1) is 5.92 Å². The van der Waals surface area contributed by atoms with Gasteiger partial charge in [-0.25, -0.2) is 0 Å². The van der Waals surface area contributed by atoms with Crippen LogP contribution in [0.4, 0.5) is 5.69 Å². The molecular formula is C21H24N2O2. The number of carbonyl (C=O) groups excluding carboxylic acids is 2. The van der Waals surface area contributed by atoms with E-state index in [4.69, 9.17) is 0 Å². The largest absolute Gasteiger partial charge is 0.352 e. The highest BCUT2D eigenvalue weighted by Gasteiger charge is 2.30. The lowest BCUT2D eigenvalue weighted by Gasteiger charge is -2.13. The van der Waals surface area contributed by atoms with Crippen molar-refractivity contribution < 1.29 is 9.59 Å².